The van der Waals surface area contributed by atoms with Crippen molar-refractivity contribution in [2.45, 2.75) is 6.42 Å². The summed E-state index contributed by atoms with van der Waals surface area (Å²) in [6.45, 7) is 0. The summed E-state index contributed by atoms with van der Waals surface area (Å²) in [6, 6.07) is 16.7. The number of para-hydroxylation sites is 1. The monoisotopic (exact) mass is 386 g/mol. The van der Waals surface area contributed by atoms with E-state index in [1.807, 2.05) is 12.3 Å². The third-order valence-electron chi connectivity index (χ3n) is 3.92. The molecule has 0 amide bonds. The molecule has 0 spiro atoms. The van der Waals surface area contributed by atoms with Crippen molar-refractivity contribution in [3.63, 3.8) is 0 Å². The number of allylic oxidation sites excluding steroid dienone is 4. The van der Waals surface area contributed by atoms with Gasteiger partial charge in [0.1, 0.15) is 0 Å². The number of aromatic amines is 1. The molecule has 1 aliphatic carbocycles. The second-order valence-electron chi connectivity index (χ2n) is 5.32. The molecule has 0 aliphatic heterocycles. The fraction of sp³-hybridized carbons (Fsp3) is 0.0500. The van der Waals surface area contributed by atoms with Crippen LogP contribution in [0.25, 0.3) is 32.7 Å². The van der Waals surface area contributed by atoms with E-state index in [1.54, 1.807) is 0 Å². The number of benzene rings is 2. The predicted molar refractivity (Wildman–Crippen MR) is 94.0 cm³/mol. The molecule has 2 heterocycles. The normalized spacial score (nSPS) is 12.3. The van der Waals surface area contributed by atoms with Crippen LogP contribution >= 0.6 is 0 Å². The van der Waals surface area contributed by atoms with Crippen LogP contribution in [0.2, 0.25) is 0 Å². The molecule has 5 rings (SSSR count). The van der Waals surface area contributed by atoms with Gasteiger partial charge in [-0.1, -0.05) is 48.6 Å². The van der Waals surface area contributed by atoms with Crippen LogP contribution in [-0.2, 0) is 19.5 Å². The van der Waals surface area contributed by atoms with Gasteiger partial charge in [-0.15, -0.1) is 0 Å². The van der Waals surface area contributed by atoms with Crippen LogP contribution < -0.4 is 0 Å². The summed E-state index contributed by atoms with van der Waals surface area (Å²) >= 11 is 0. The van der Waals surface area contributed by atoms with Gasteiger partial charge in [-0.25, -0.2) is 0 Å². The van der Waals surface area contributed by atoms with E-state index in [1.165, 1.54) is 27.2 Å². The van der Waals surface area contributed by atoms with Crippen LogP contribution in [0, 0.1) is 0 Å². The number of hydrogen-bond donors (Lipinski definition) is 1. The summed E-state index contributed by atoms with van der Waals surface area (Å²) in [7, 11) is 0. The summed E-state index contributed by atoms with van der Waals surface area (Å²) < 4.78 is 0. The largest absolute Gasteiger partial charge is 0.354 e. The smallest absolute Gasteiger partial charge is 0.0723 e. The molecule has 1 N–H and O–H groups in total. The summed E-state index contributed by atoms with van der Waals surface area (Å²) in [4.78, 5) is 7.86. The van der Waals surface area contributed by atoms with Crippen molar-refractivity contribution in [3.05, 3.63) is 79.0 Å². The van der Waals surface area contributed by atoms with Crippen LogP contribution in [0.4, 0.5) is 0 Å². The molecule has 0 bridgehead atoms. The summed E-state index contributed by atoms with van der Waals surface area (Å²) in [5.41, 5.74) is 3.39. The average Bonchev–Trinajstić information content (AvgIpc) is 3.26. The molecule has 4 aromatic rings. The van der Waals surface area contributed by atoms with Crippen molar-refractivity contribution in [1.29, 1.82) is 0 Å². The molecule has 0 saturated heterocycles. The third-order valence-corrected chi connectivity index (χ3v) is 3.92. The van der Waals surface area contributed by atoms with E-state index in [9.17, 15) is 0 Å². The van der Waals surface area contributed by atoms with Gasteiger partial charge >= 0.3 is 0 Å². The van der Waals surface area contributed by atoms with Crippen molar-refractivity contribution in [3.8, 4) is 0 Å². The van der Waals surface area contributed by atoms with E-state index < -0.39 is 0 Å². The molecule has 114 valence electrons. The van der Waals surface area contributed by atoms with E-state index in [0.717, 1.165) is 11.9 Å². The minimum atomic E-state index is 0. The quantitative estimate of drug-likeness (QED) is 0.405. The number of rotatable bonds is 0. The number of aromatic nitrogens is 2. The van der Waals surface area contributed by atoms with Gasteiger partial charge in [0.2, 0.25) is 0 Å². The molecule has 0 atom stereocenters. The molecule has 2 aromatic carbocycles. The van der Waals surface area contributed by atoms with Crippen molar-refractivity contribution in [2.24, 2.45) is 0 Å². The Labute approximate surface area is 147 Å². The Morgan fingerprint density at radius 1 is 0.783 bits per heavy atom. The van der Waals surface area contributed by atoms with E-state index in [2.05, 4.69) is 76.7 Å². The molecule has 2 nitrogen and oxygen atoms in total. The Morgan fingerprint density at radius 3 is 2.35 bits per heavy atom. The van der Waals surface area contributed by atoms with Gasteiger partial charge in [0.05, 0.1) is 11.0 Å². The summed E-state index contributed by atoms with van der Waals surface area (Å²) in [5.74, 6) is 0. The first-order valence-corrected chi connectivity index (χ1v) is 7.49. The topological polar surface area (TPSA) is 28.7 Å². The Hall–Kier alpha value is -2.25. The molecule has 23 heavy (non-hydrogen) atoms. The zero-order valence-electron chi connectivity index (χ0n) is 12.5. The SMILES string of the molecule is C1=CCC=C1.[Ru].c1ccc2c(c1)[nH]c1c3cccnc3ccc21. The minimum Gasteiger partial charge on any atom is -0.354 e. The molecule has 0 saturated carbocycles. The number of hydrogen-bond acceptors (Lipinski definition) is 1. The number of nitrogens with one attached hydrogen (secondary N) is 1. The molecule has 0 radical (unpaired) electrons. The third kappa shape index (κ3) is 2.97. The maximum Gasteiger partial charge on any atom is 0.0723 e. The van der Waals surface area contributed by atoms with Crippen LogP contribution in [0.3, 0.4) is 0 Å². The van der Waals surface area contributed by atoms with Crippen molar-refractivity contribution >= 4 is 32.7 Å². The van der Waals surface area contributed by atoms with Gasteiger partial charge in [0.15, 0.2) is 0 Å². The Kier molecular flexibility index (Phi) is 4.69. The minimum absolute atomic E-state index is 0. The summed E-state index contributed by atoms with van der Waals surface area (Å²) in [5, 5.41) is 3.72. The second kappa shape index (κ2) is 6.89. The van der Waals surface area contributed by atoms with Crippen LogP contribution in [0.15, 0.2) is 79.0 Å². The molecule has 0 unspecified atom stereocenters. The van der Waals surface area contributed by atoms with Gasteiger partial charge in [-0.2, -0.15) is 0 Å². The van der Waals surface area contributed by atoms with Gasteiger partial charge in [-0.05, 0) is 30.7 Å². The van der Waals surface area contributed by atoms with Gasteiger partial charge < -0.3 is 4.98 Å². The standard InChI is InChI=1S/C15H10N2.C5H6.Ru/c1-2-6-14-10(4-1)11-7-8-13-12(15(11)17-14)5-3-9-16-13;1-2-4-5-3-1;/h1-9,17H;1-4H,5H2;. The number of fused-ring (bicyclic) bond motifs is 5. The van der Waals surface area contributed by atoms with Crippen LogP contribution in [-0.4, -0.2) is 9.97 Å². The second-order valence-corrected chi connectivity index (χ2v) is 5.32. The predicted octanol–water partition coefficient (Wildman–Crippen LogP) is 5.37. The summed E-state index contributed by atoms with van der Waals surface area (Å²) in [6.07, 6.45) is 11.3. The molecule has 2 aromatic heterocycles. The molecule has 1 aliphatic rings. The zero-order valence-corrected chi connectivity index (χ0v) is 14.3. The molecular weight excluding hydrogens is 369 g/mol. The van der Waals surface area contributed by atoms with Crippen LogP contribution in [0.1, 0.15) is 6.42 Å². The first-order chi connectivity index (χ1) is 10.9. The zero-order chi connectivity index (χ0) is 14.8. The van der Waals surface area contributed by atoms with Crippen molar-refractivity contribution in [2.75, 3.05) is 0 Å². The first kappa shape index (κ1) is 15.6. The Morgan fingerprint density at radius 2 is 1.57 bits per heavy atom. The molecular formula is C20H16N2Ru. The fourth-order valence-electron chi connectivity index (χ4n) is 2.87. The fourth-order valence-corrected chi connectivity index (χ4v) is 2.87. The van der Waals surface area contributed by atoms with Gasteiger partial charge in [0, 0.05) is 47.4 Å². The van der Waals surface area contributed by atoms with E-state index in [-0.39, 0.29) is 19.5 Å². The van der Waals surface area contributed by atoms with Crippen LogP contribution in [0.5, 0.6) is 0 Å². The van der Waals surface area contributed by atoms with E-state index in [4.69, 9.17) is 0 Å². The number of H-pyrrole nitrogens is 1. The maximum absolute atomic E-state index is 4.38. The van der Waals surface area contributed by atoms with E-state index >= 15 is 0 Å². The Balaban J connectivity index is 0.000000226. The average molecular weight is 385 g/mol. The van der Waals surface area contributed by atoms with Gasteiger partial charge in [-0.3, -0.25) is 4.98 Å². The molecule has 3 heteroatoms. The van der Waals surface area contributed by atoms with Crippen molar-refractivity contribution < 1.29 is 19.5 Å². The molecule has 0 fully saturated rings. The van der Waals surface area contributed by atoms with Crippen molar-refractivity contribution in [1.82, 2.24) is 9.97 Å². The number of nitrogens with zero attached hydrogens (tertiary/aromatic N) is 1. The van der Waals surface area contributed by atoms with Gasteiger partial charge in [0.25, 0.3) is 0 Å². The maximum atomic E-state index is 4.38. The first-order valence-electron chi connectivity index (χ1n) is 7.49. The van der Waals surface area contributed by atoms with E-state index in [0.29, 0.717) is 0 Å². The number of pyridine rings is 1. The Bertz CT molecular complexity index is 1000.